The van der Waals surface area contributed by atoms with Crippen molar-refractivity contribution >= 4 is 11.9 Å². The number of hydrogen-bond donors (Lipinski definition) is 2. The van der Waals surface area contributed by atoms with Gasteiger partial charge in [-0.25, -0.2) is 0 Å². The van der Waals surface area contributed by atoms with Crippen molar-refractivity contribution < 1.29 is 14.3 Å². The van der Waals surface area contributed by atoms with Gasteiger partial charge in [0.25, 0.3) is 0 Å². The molecule has 3 N–H and O–H groups in total. The highest BCUT2D eigenvalue weighted by atomic mass is 16.5. The standard InChI is InChI=1S/C9H16N2O3/c1-14-9(13)5-8(12)11-7-4-2-3-6(7)10/h6-7H,2-5,10H2,1H3,(H,11,12)/t6-,7-/m1/s1. The Bertz CT molecular complexity index is 230. The molecular formula is C9H16N2O3. The Morgan fingerprint density at radius 2 is 2.21 bits per heavy atom. The van der Waals surface area contributed by atoms with E-state index in [9.17, 15) is 9.59 Å². The molecule has 5 heteroatoms. The molecule has 0 saturated heterocycles. The predicted molar refractivity (Wildman–Crippen MR) is 50.4 cm³/mol. The van der Waals surface area contributed by atoms with Crippen LogP contribution in [0.3, 0.4) is 0 Å². The second-order valence-electron chi connectivity index (χ2n) is 3.52. The lowest BCUT2D eigenvalue weighted by molar-refractivity contribution is -0.143. The molecule has 0 aliphatic heterocycles. The SMILES string of the molecule is COC(=O)CC(=O)N[C@@H]1CCC[C@H]1N. The predicted octanol–water partition coefficient (Wildman–Crippen LogP) is -0.454. The minimum absolute atomic E-state index is 0.0205. The first-order valence-electron chi connectivity index (χ1n) is 4.75. The lowest BCUT2D eigenvalue weighted by Gasteiger charge is -2.16. The highest BCUT2D eigenvalue weighted by Gasteiger charge is 2.25. The van der Waals surface area contributed by atoms with Crippen molar-refractivity contribution in [1.82, 2.24) is 5.32 Å². The number of rotatable bonds is 3. The zero-order valence-corrected chi connectivity index (χ0v) is 8.29. The molecule has 1 rings (SSSR count). The van der Waals surface area contributed by atoms with E-state index in [0.717, 1.165) is 19.3 Å². The van der Waals surface area contributed by atoms with Gasteiger partial charge in [0.15, 0.2) is 0 Å². The van der Waals surface area contributed by atoms with Crippen LogP contribution in [0, 0.1) is 0 Å². The highest BCUT2D eigenvalue weighted by Crippen LogP contribution is 2.16. The summed E-state index contributed by atoms with van der Waals surface area (Å²) in [4.78, 5) is 22.0. The molecule has 1 aliphatic carbocycles. The topological polar surface area (TPSA) is 81.4 Å². The Labute approximate surface area is 83.0 Å². The molecule has 5 nitrogen and oxygen atoms in total. The highest BCUT2D eigenvalue weighted by molar-refractivity contribution is 5.94. The van der Waals surface area contributed by atoms with Gasteiger partial charge < -0.3 is 15.8 Å². The van der Waals surface area contributed by atoms with Gasteiger partial charge >= 0.3 is 5.97 Å². The molecule has 0 aromatic rings. The summed E-state index contributed by atoms with van der Waals surface area (Å²) in [6.07, 6.45) is 2.64. The molecule has 1 aliphatic rings. The minimum Gasteiger partial charge on any atom is -0.469 e. The summed E-state index contributed by atoms with van der Waals surface area (Å²) in [5.41, 5.74) is 5.76. The van der Waals surface area contributed by atoms with E-state index in [4.69, 9.17) is 5.73 Å². The van der Waals surface area contributed by atoms with Crippen molar-refractivity contribution in [1.29, 1.82) is 0 Å². The summed E-state index contributed by atoms with van der Waals surface area (Å²) < 4.78 is 4.38. The molecule has 80 valence electrons. The van der Waals surface area contributed by atoms with Crippen molar-refractivity contribution in [3.05, 3.63) is 0 Å². The minimum atomic E-state index is -0.519. The second-order valence-corrected chi connectivity index (χ2v) is 3.52. The molecule has 0 heterocycles. The number of esters is 1. The van der Waals surface area contributed by atoms with Crippen LogP contribution in [0.5, 0.6) is 0 Å². The monoisotopic (exact) mass is 200 g/mol. The maximum absolute atomic E-state index is 11.2. The number of ether oxygens (including phenoxy) is 1. The summed E-state index contributed by atoms with van der Waals surface area (Å²) in [6, 6.07) is 0.0451. The van der Waals surface area contributed by atoms with Crippen molar-refractivity contribution in [3.63, 3.8) is 0 Å². The van der Waals surface area contributed by atoms with Crippen LogP contribution in [-0.4, -0.2) is 31.1 Å². The van der Waals surface area contributed by atoms with Crippen LogP contribution in [-0.2, 0) is 14.3 Å². The van der Waals surface area contributed by atoms with Crippen molar-refractivity contribution in [2.24, 2.45) is 5.73 Å². The molecule has 14 heavy (non-hydrogen) atoms. The van der Waals surface area contributed by atoms with Crippen LogP contribution >= 0.6 is 0 Å². The first-order valence-corrected chi connectivity index (χ1v) is 4.75. The van der Waals surface area contributed by atoms with E-state index in [2.05, 4.69) is 10.1 Å². The summed E-state index contributed by atoms with van der Waals surface area (Å²) in [5, 5.41) is 2.73. The summed E-state index contributed by atoms with van der Waals surface area (Å²) in [6.45, 7) is 0. The molecular weight excluding hydrogens is 184 g/mol. The summed E-state index contributed by atoms with van der Waals surface area (Å²) in [5.74, 6) is -0.826. The molecule has 0 spiro atoms. The van der Waals surface area contributed by atoms with Gasteiger partial charge in [0.2, 0.25) is 5.91 Å². The van der Waals surface area contributed by atoms with Gasteiger partial charge in [0, 0.05) is 12.1 Å². The van der Waals surface area contributed by atoms with Gasteiger partial charge in [-0.15, -0.1) is 0 Å². The number of hydrogen-bond acceptors (Lipinski definition) is 4. The molecule has 0 bridgehead atoms. The first kappa shape index (κ1) is 11.0. The summed E-state index contributed by atoms with van der Waals surface area (Å²) >= 11 is 0. The van der Waals surface area contributed by atoms with Crippen LogP contribution < -0.4 is 11.1 Å². The Kier molecular flexibility index (Phi) is 3.88. The van der Waals surface area contributed by atoms with Crippen molar-refractivity contribution in [3.8, 4) is 0 Å². The normalized spacial score (nSPS) is 25.9. The first-order chi connectivity index (χ1) is 6.63. The van der Waals surface area contributed by atoms with Crippen LogP contribution in [0.2, 0.25) is 0 Å². The number of nitrogens with two attached hydrogens (primary N) is 1. The van der Waals surface area contributed by atoms with Crippen LogP contribution in [0.25, 0.3) is 0 Å². The maximum Gasteiger partial charge on any atom is 0.315 e. The zero-order chi connectivity index (χ0) is 10.6. The van der Waals surface area contributed by atoms with Crippen molar-refractivity contribution in [2.45, 2.75) is 37.8 Å². The molecule has 1 amide bonds. The van der Waals surface area contributed by atoms with Gasteiger partial charge in [-0.05, 0) is 19.3 Å². The fourth-order valence-corrected chi connectivity index (χ4v) is 1.63. The Morgan fingerprint density at radius 3 is 2.71 bits per heavy atom. The molecule has 0 aromatic carbocycles. The average molecular weight is 200 g/mol. The molecule has 0 aromatic heterocycles. The maximum atomic E-state index is 11.2. The van der Waals surface area contributed by atoms with Crippen LogP contribution in [0.15, 0.2) is 0 Å². The van der Waals surface area contributed by atoms with Crippen LogP contribution in [0.4, 0.5) is 0 Å². The Balaban J connectivity index is 2.29. The van der Waals surface area contributed by atoms with Gasteiger partial charge in [0.1, 0.15) is 6.42 Å². The fraction of sp³-hybridized carbons (Fsp3) is 0.778. The van der Waals surface area contributed by atoms with E-state index >= 15 is 0 Å². The number of methoxy groups -OCH3 is 1. The fourth-order valence-electron chi connectivity index (χ4n) is 1.63. The lowest BCUT2D eigenvalue weighted by atomic mass is 10.2. The molecule has 1 saturated carbocycles. The third-order valence-corrected chi connectivity index (χ3v) is 2.45. The third kappa shape index (κ3) is 2.99. The van der Waals surface area contributed by atoms with E-state index < -0.39 is 5.97 Å². The zero-order valence-electron chi connectivity index (χ0n) is 8.29. The molecule has 2 atom stereocenters. The van der Waals surface area contributed by atoms with Gasteiger partial charge in [-0.2, -0.15) is 0 Å². The van der Waals surface area contributed by atoms with Gasteiger partial charge in [-0.1, -0.05) is 0 Å². The van der Waals surface area contributed by atoms with E-state index in [0.29, 0.717) is 0 Å². The van der Waals surface area contributed by atoms with Gasteiger partial charge in [-0.3, -0.25) is 9.59 Å². The van der Waals surface area contributed by atoms with E-state index in [-0.39, 0.29) is 24.4 Å². The van der Waals surface area contributed by atoms with Gasteiger partial charge in [0.05, 0.1) is 7.11 Å². The number of nitrogens with one attached hydrogen (secondary N) is 1. The third-order valence-electron chi connectivity index (χ3n) is 2.45. The smallest absolute Gasteiger partial charge is 0.315 e. The van der Waals surface area contributed by atoms with Crippen molar-refractivity contribution in [2.75, 3.05) is 7.11 Å². The lowest BCUT2D eigenvalue weighted by Crippen LogP contribution is -2.44. The average Bonchev–Trinajstić information content (AvgIpc) is 2.51. The molecule has 1 fully saturated rings. The van der Waals surface area contributed by atoms with E-state index in [1.165, 1.54) is 7.11 Å². The quantitative estimate of drug-likeness (QED) is 0.477. The van der Waals surface area contributed by atoms with E-state index in [1.54, 1.807) is 0 Å². The number of carbonyl (C=O) groups excluding carboxylic acids is 2. The Hall–Kier alpha value is -1.10. The number of carbonyl (C=O) groups is 2. The largest absolute Gasteiger partial charge is 0.469 e. The van der Waals surface area contributed by atoms with E-state index in [1.807, 2.05) is 0 Å². The summed E-state index contributed by atoms with van der Waals surface area (Å²) in [7, 11) is 1.26. The Morgan fingerprint density at radius 1 is 1.50 bits per heavy atom. The molecule has 0 radical (unpaired) electrons. The van der Waals surface area contributed by atoms with Crippen LogP contribution in [0.1, 0.15) is 25.7 Å². The molecule has 0 unspecified atom stereocenters. The number of amides is 1. The second kappa shape index (κ2) is 4.95.